The Labute approximate surface area is 159 Å². The Kier molecular flexibility index (Phi) is 4.11. The molecule has 0 fully saturated rings. The third-order valence-corrected chi connectivity index (χ3v) is 4.56. The number of hydrogen-bond donors (Lipinski definition) is 2. The summed E-state index contributed by atoms with van der Waals surface area (Å²) >= 11 is 0. The number of hydrogen-bond acceptors (Lipinski definition) is 5. The zero-order valence-electron chi connectivity index (χ0n) is 14.4. The van der Waals surface area contributed by atoms with Gasteiger partial charge >= 0.3 is 5.97 Å². The number of carboxylic acid groups (broad SMARTS) is 1. The van der Waals surface area contributed by atoms with Gasteiger partial charge in [-0.2, -0.15) is 0 Å². The van der Waals surface area contributed by atoms with Crippen LogP contribution in [0.15, 0.2) is 56.5 Å². The Morgan fingerprint density at radius 2 is 1.69 bits per heavy atom. The molecule has 0 radical (unpaired) electrons. The van der Waals surface area contributed by atoms with E-state index in [1.165, 1.54) is 24.3 Å². The van der Waals surface area contributed by atoms with Crippen molar-refractivity contribution < 1.29 is 28.2 Å². The van der Waals surface area contributed by atoms with E-state index in [0.29, 0.717) is 6.26 Å². The first-order valence-corrected chi connectivity index (χ1v) is 8.23. The van der Waals surface area contributed by atoms with Gasteiger partial charge in [-0.15, -0.1) is 0 Å². The predicted octanol–water partition coefficient (Wildman–Crippen LogP) is 2.96. The van der Waals surface area contributed by atoms with Crippen molar-refractivity contribution in [2.75, 3.05) is 0 Å². The van der Waals surface area contributed by atoms with Crippen LogP contribution >= 0.6 is 0 Å². The van der Waals surface area contributed by atoms with Crippen molar-refractivity contribution in [1.29, 1.82) is 0 Å². The third-order valence-electron chi connectivity index (χ3n) is 4.56. The number of carbonyl (C=O) groups is 1. The number of benzene rings is 3. The van der Waals surface area contributed by atoms with Crippen molar-refractivity contribution >= 4 is 34.2 Å². The Hall–Kier alpha value is -4.07. The lowest BCUT2D eigenvalue weighted by Crippen LogP contribution is -2.28. The molecular formula is C21H10F2O6. The number of rotatable bonds is 2. The van der Waals surface area contributed by atoms with Gasteiger partial charge in [-0.25, -0.2) is 13.6 Å². The highest BCUT2D eigenvalue weighted by atomic mass is 19.1. The molecule has 1 heterocycles. The standard InChI is InChI=1S/C21H10F2O6/c22-14-5-11-17(7-16(14)25)29-20-12(6-15(23)19(26)13(20)8-24)18(11)9-3-1-2-4-10(9)21(27)28/h1-8,24H,(H,27,28)/b13-8-. The van der Waals surface area contributed by atoms with Gasteiger partial charge in [0, 0.05) is 22.4 Å². The van der Waals surface area contributed by atoms with E-state index in [4.69, 9.17) is 4.42 Å². The molecule has 0 bridgehead atoms. The average Bonchev–Trinajstić information content (AvgIpc) is 2.69. The molecule has 3 aromatic carbocycles. The smallest absolute Gasteiger partial charge is 0.336 e. The number of fused-ring (bicyclic) bond motifs is 2. The maximum Gasteiger partial charge on any atom is 0.336 e. The van der Waals surface area contributed by atoms with Crippen LogP contribution in [-0.2, 0) is 0 Å². The zero-order valence-corrected chi connectivity index (χ0v) is 14.4. The lowest BCUT2D eigenvalue weighted by molar-refractivity contribution is 0.0697. The summed E-state index contributed by atoms with van der Waals surface area (Å²) < 4.78 is 33.9. The van der Waals surface area contributed by atoms with Crippen molar-refractivity contribution in [3.63, 3.8) is 0 Å². The Balaban J connectivity index is 2.39. The van der Waals surface area contributed by atoms with Gasteiger partial charge in [0.05, 0.1) is 11.8 Å². The molecule has 144 valence electrons. The zero-order chi connectivity index (χ0) is 20.9. The molecular weight excluding hydrogens is 386 g/mol. The fourth-order valence-electron chi connectivity index (χ4n) is 3.29. The Morgan fingerprint density at radius 1 is 1.00 bits per heavy atom. The van der Waals surface area contributed by atoms with Crippen molar-refractivity contribution in [3.8, 4) is 11.1 Å². The topological polar surface area (TPSA) is 105 Å². The van der Waals surface area contributed by atoms with Crippen LogP contribution < -0.4 is 16.1 Å². The summed E-state index contributed by atoms with van der Waals surface area (Å²) in [6.07, 6.45) is 0.359. The molecule has 0 amide bonds. The van der Waals surface area contributed by atoms with E-state index < -0.39 is 33.7 Å². The predicted molar refractivity (Wildman–Crippen MR) is 101 cm³/mol. The minimum atomic E-state index is -1.29. The first-order chi connectivity index (χ1) is 13.8. The number of carboxylic acids is 1. The Bertz CT molecular complexity index is 1500. The van der Waals surface area contributed by atoms with E-state index in [0.717, 1.165) is 18.2 Å². The molecule has 4 rings (SSSR count). The minimum absolute atomic E-state index is 0.00485. The van der Waals surface area contributed by atoms with Crippen LogP contribution in [0.3, 0.4) is 0 Å². The quantitative estimate of drug-likeness (QED) is 0.505. The van der Waals surface area contributed by atoms with E-state index in [9.17, 15) is 33.4 Å². The molecule has 0 aliphatic carbocycles. The third kappa shape index (κ3) is 2.73. The largest absolute Gasteiger partial charge is 0.515 e. The van der Waals surface area contributed by atoms with Crippen molar-refractivity contribution in [3.05, 3.63) is 85.3 Å². The lowest BCUT2D eigenvalue weighted by atomic mass is 9.93. The number of halogens is 2. The molecule has 0 atom stereocenters. The van der Waals surface area contributed by atoms with Gasteiger partial charge in [0.15, 0.2) is 11.6 Å². The summed E-state index contributed by atoms with van der Waals surface area (Å²) in [5.41, 5.74) is -2.61. The van der Waals surface area contributed by atoms with Gasteiger partial charge < -0.3 is 14.6 Å². The summed E-state index contributed by atoms with van der Waals surface area (Å²) in [7, 11) is 0. The fraction of sp³-hybridized carbons (Fsp3) is 0. The molecule has 6 nitrogen and oxygen atoms in total. The van der Waals surface area contributed by atoms with Crippen LogP contribution in [0.5, 0.6) is 0 Å². The minimum Gasteiger partial charge on any atom is -0.515 e. The molecule has 4 aromatic rings. The van der Waals surface area contributed by atoms with E-state index in [1.807, 2.05) is 0 Å². The molecule has 0 spiro atoms. The summed E-state index contributed by atoms with van der Waals surface area (Å²) in [5, 5.41) is 18.4. The van der Waals surface area contributed by atoms with Crippen LogP contribution in [0.4, 0.5) is 8.78 Å². The maximum atomic E-state index is 14.3. The SMILES string of the molecule is O=C(O)c1ccccc1-c1c2cc(F)c(=O)cc2oc2/c(=C\O)c(=O)c(F)cc12. The Morgan fingerprint density at radius 3 is 2.38 bits per heavy atom. The molecule has 0 aliphatic heterocycles. The van der Waals surface area contributed by atoms with E-state index in [-0.39, 0.29) is 38.6 Å². The van der Waals surface area contributed by atoms with Crippen LogP contribution in [0, 0.1) is 11.6 Å². The highest BCUT2D eigenvalue weighted by Crippen LogP contribution is 2.37. The van der Waals surface area contributed by atoms with Crippen LogP contribution in [-0.4, -0.2) is 16.2 Å². The molecule has 0 saturated carbocycles. The van der Waals surface area contributed by atoms with E-state index >= 15 is 0 Å². The van der Waals surface area contributed by atoms with Gasteiger partial charge in [0.1, 0.15) is 16.4 Å². The summed E-state index contributed by atoms with van der Waals surface area (Å²) in [6, 6.07) is 8.25. The van der Waals surface area contributed by atoms with Crippen LogP contribution in [0.1, 0.15) is 10.4 Å². The van der Waals surface area contributed by atoms with E-state index in [1.54, 1.807) is 0 Å². The van der Waals surface area contributed by atoms with Crippen molar-refractivity contribution in [1.82, 2.24) is 0 Å². The summed E-state index contributed by atoms with van der Waals surface area (Å²) in [5.74, 6) is -3.63. The average molecular weight is 396 g/mol. The molecule has 0 unspecified atom stereocenters. The second-order valence-electron chi connectivity index (χ2n) is 6.21. The number of aromatic carboxylic acids is 1. The molecule has 29 heavy (non-hydrogen) atoms. The first-order valence-electron chi connectivity index (χ1n) is 8.23. The number of aliphatic hydroxyl groups excluding tert-OH is 1. The highest BCUT2D eigenvalue weighted by molar-refractivity contribution is 6.11. The summed E-state index contributed by atoms with van der Waals surface area (Å²) in [4.78, 5) is 35.5. The number of aliphatic hydroxyl groups is 1. The monoisotopic (exact) mass is 396 g/mol. The summed E-state index contributed by atoms with van der Waals surface area (Å²) in [6.45, 7) is 0. The van der Waals surface area contributed by atoms with Gasteiger partial charge in [-0.3, -0.25) is 9.59 Å². The van der Waals surface area contributed by atoms with Gasteiger partial charge in [-0.1, -0.05) is 18.2 Å². The molecule has 2 N–H and O–H groups in total. The van der Waals surface area contributed by atoms with Gasteiger partial charge in [0.2, 0.25) is 10.9 Å². The van der Waals surface area contributed by atoms with Crippen LogP contribution in [0.25, 0.3) is 39.3 Å². The lowest BCUT2D eigenvalue weighted by Gasteiger charge is -2.13. The second kappa shape index (κ2) is 6.52. The second-order valence-corrected chi connectivity index (χ2v) is 6.21. The maximum absolute atomic E-state index is 14.3. The van der Waals surface area contributed by atoms with Crippen molar-refractivity contribution in [2.45, 2.75) is 0 Å². The molecule has 8 heteroatoms. The van der Waals surface area contributed by atoms with Crippen LogP contribution in [0.2, 0.25) is 0 Å². The highest BCUT2D eigenvalue weighted by Gasteiger charge is 2.21. The fourth-order valence-corrected chi connectivity index (χ4v) is 3.29. The van der Waals surface area contributed by atoms with Gasteiger partial charge in [0.25, 0.3) is 0 Å². The molecule has 0 aliphatic rings. The van der Waals surface area contributed by atoms with Gasteiger partial charge in [-0.05, 0) is 23.8 Å². The molecule has 0 saturated heterocycles. The normalized spacial score (nSPS) is 12.0. The molecule has 1 aromatic heterocycles. The van der Waals surface area contributed by atoms with E-state index in [2.05, 4.69) is 0 Å². The first kappa shape index (κ1) is 18.3. The van der Waals surface area contributed by atoms with Crippen molar-refractivity contribution in [2.24, 2.45) is 0 Å².